The number of rotatable bonds is 6. The number of carbonyl (C=O) groups is 2. The van der Waals surface area contributed by atoms with Gasteiger partial charge in [-0.2, -0.15) is 0 Å². The summed E-state index contributed by atoms with van der Waals surface area (Å²) in [5.74, 6) is 0.135. The number of esters is 1. The number of nitrogens with zero attached hydrogens (tertiary/aromatic N) is 2. The molecule has 0 spiro atoms. The monoisotopic (exact) mass is 342 g/mol. The van der Waals surface area contributed by atoms with E-state index >= 15 is 0 Å². The third-order valence-electron chi connectivity index (χ3n) is 3.83. The topological polar surface area (TPSA) is 92.3 Å². The molecule has 1 saturated heterocycles. The smallest absolute Gasteiger partial charge is 0.409 e. The van der Waals surface area contributed by atoms with Crippen LogP contribution in [0.5, 0.6) is 0 Å². The van der Waals surface area contributed by atoms with E-state index in [1.165, 1.54) is 7.11 Å². The highest BCUT2D eigenvalue weighted by atomic mass is 16.6. The molecule has 0 aromatic carbocycles. The van der Waals surface area contributed by atoms with Gasteiger partial charge in [0.05, 0.1) is 26.2 Å². The Hall–Kier alpha value is -1.99. The van der Waals surface area contributed by atoms with E-state index in [9.17, 15) is 9.59 Å². The molecular formula is C16H30N4O4. The van der Waals surface area contributed by atoms with Gasteiger partial charge in [-0.25, -0.2) is 4.79 Å². The number of hydrogen-bond donors (Lipinski definition) is 2. The first-order valence-electron chi connectivity index (χ1n) is 8.56. The standard InChI is InChI=1S/C16H30N4O4/c1-5-17-15(18-11-12(3)14(21)23-4)19-13-7-9-20(10-8-13)16(22)24-6-2/h12-13H,5-11H2,1-4H3,(H2,17,18,19). The molecule has 1 rings (SSSR count). The van der Waals surface area contributed by atoms with Crippen molar-refractivity contribution < 1.29 is 19.1 Å². The Morgan fingerprint density at radius 1 is 1.29 bits per heavy atom. The predicted octanol–water partition coefficient (Wildman–Crippen LogP) is 0.972. The Bertz CT molecular complexity index is 434. The van der Waals surface area contributed by atoms with Gasteiger partial charge in [0.25, 0.3) is 0 Å². The summed E-state index contributed by atoms with van der Waals surface area (Å²) in [6.45, 7) is 8.40. The first-order valence-corrected chi connectivity index (χ1v) is 8.56. The van der Waals surface area contributed by atoms with Crippen molar-refractivity contribution in [2.45, 2.75) is 39.7 Å². The molecule has 1 amide bonds. The van der Waals surface area contributed by atoms with E-state index in [4.69, 9.17) is 9.47 Å². The first kappa shape index (κ1) is 20.1. The van der Waals surface area contributed by atoms with Crippen LogP contribution in [0.15, 0.2) is 4.99 Å². The predicted molar refractivity (Wildman–Crippen MR) is 91.9 cm³/mol. The van der Waals surface area contributed by atoms with Crippen LogP contribution >= 0.6 is 0 Å². The van der Waals surface area contributed by atoms with Crippen molar-refractivity contribution in [1.29, 1.82) is 0 Å². The van der Waals surface area contributed by atoms with E-state index in [0.717, 1.165) is 19.4 Å². The molecule has 1 unspecified atom stereocenters. The number of ether oxygens (including phenoxy) is 2. The normalized spacial score (nSPS) is 17.2. The molecule has 0 bridgehead atoms. The van der Waals surface area contributed by atoms with Gasteiger partial charge in [0.1, 0.15) is 0 Å². The van der Waals surface area contributed by atoms with Gasteiger partial charge in [-0.1, -0.05) is 6.92 Å². The van der Waals surface area contributed by atoms with Crippen molar-refractivity contribution in [3.8, 4) is 0 Å². The minimum Gasteiger partial charge on any atom is -0.469 e. The van der Waals surface area contributed by atoms with Gasteiger partial charge in [-0.15, -0.1) is 0 Å². The van der Waals surface area contributed by atoms with Crippen molar-refractivity contribution in [3.05, 3.63) is 0 Å². The van der Waals surface area contributed by atoms with Crippen LogP contribution in [0.3, 0.4) is 0 Å². The van der Waals surface area contributed by atoms with Gasteiger partial charge < -0.3 is 25.0 Å². The maximum atomic E-state index is 11.7. The zero-order chi connectivity index (χ0) is 17.9. The van der Waals surface area contributed by atoms with Crippen molar-refractivity contribution in [3.63, 3.8) is 0 Å². The van der Waals surface area contributed by atoms with Crippen molar-refractivity contribution in [1.82, 2.24) is 15.5 Å². The van der Waals surface area contributed by atoms with Crippen LogP contribution in [0.2, 0.25) is 0 Å². The maximum absolute atomic E-state index is 11.7. The average Bonchev–Trinajstić information content (AvgIpc) is 2.59. The van der Waals surface area contributed by atoms with E-state index in [0.29, 0.717) is 32.2 Å². The number of piperidine rings is 1. The zero-order valence-electron chi connectivity index (χ0n) is 15.1. The van der Waals surface area contributed by atoms with E-state index in [1.807, 2.05) is 6.92 Å². The molecule has 1 aliphatic rings. The molecule has 0 saturated carbocycles. The summed E-state index contributed by atoms with van der Waals surface area (Å²) in [5, 5.41) is 6.55. The number of amides is 1. The Morgan fingerprint density at radius 2 is 1.96 bits per heavy atom. The van der Waals surface area contributed by atoms with Gasteiger partial charge in [0, 0.05) is 25.7 Å². The van der Waals surface area contributed by atoms with Crippen LogP contribution in [-0.4, -0.2) is 68.9 Å². The Morgan fingerprint density at radius 3 is 2.50 bits per heavy atom. The summed E-state index contributed by atoms with van der Waals surface area (Å²) in [5.41, 5.74) is 0. The number of methoxy groups -OCH3 is 1. The molecule has 1 heterocycles. The van der Waals surface area contributed by atoms with Crippen LogP contribution in [-0.2, 0) is 14.3 Å². The maximum Gasteiger partial charge on any atom is 0.409 e. The Balaban J connectivity index is 2.49. The molecule has 1 aliphatic heterocycles. The van der Waals surface area contributed by atoms with E-state index < -0.39 is 0 Å². The SMILES string of the molecule is CCNC(=NCC(C)C(=O)OC)NC1CCN(C(=O)OCC)CC1. The van der Waals surface area contributed by atoms with Crippen LogP contribution in [0.1, 0.15) is 33.6 Å². The fourth-order valence-corrected chi connectivity index (χ4v) is 2.44. The molecule has 24 heavy (non-hydrogen) atoms. The second kappa shape index (κ2) is 10.7. The second-order valence-electron chi connectivity index (χ2n) is 5.75. The number of aliphatic imine (C=N–C) groups is 1. The van der Waals surface area contributed by atoms with Gasteiger partial charge in [0.15, 0.2) is 5.96 Å². The molecule has 8 heteroatoms. The zero-order valence-corrected chi connectivity index (χ0v) is 15.1. The lowest BCUT2D eigenvalue weighted by molar-refractivity contribution is -0.144. The summed E-state index contributed by atoms with van der Waals surface area (Å²) in [7, 11) is 1.38. The lowest BCUT2D eigenvalue weighted by atomic mass is 10.1. The van der Waals surface area contributed by atoms with Crippen molar-refractivity contribution in [2.24, 2.45) is 10.9 Å². The molecule has 0 aromatic rings. The van der Waals surface area contributed by atoms with Crippen molar-refractivity contribution in [2.75, 3.05) is 39.9 Å². The first-order chi connectivity index (χ1) is 11.5. The number of nitrogens with one attached hydrogen (secondary N) is 2. The summed E-state index contributed by atoms with van der Waals surface area (Å²) < 4.78 is 9.73. The van der Waals surface area contributed by atoms with E-state index in [-0.39, 0.29) is 24.0 Å². The van der Waals surface area contributed by atoms with Gasteiger partial charge in [0.2, 0.25) is 0 Å². The average molecular weight is 342 g/mol. The highest BCUT2D eigenvalue weighted by molar-refractivity contribution is 5.80. The molecule has 8 nitrogen and oxygen atoms in total. The molecular weight excluding hydrogens is 312 g/mol. The molecule has 0 aliphatic carbocycles. The number of likely N-dealkylation sites (tertiary alicyclic amines) is 1. The van der Waals surface area contributed by atoms with Crippen LogP contribution in [0.25, 0.3) is 0 Å². The van der Waals surface area contributed by atoms with Crippen LogP contribution in [0.4, 0.5) is 4.79 Å². The van der Waals surface area contributed by atoms with Gasteiger partial charge in [-0.3, -0.25) is 9.79 Å². The van der Waals surface area contributed by atoms with Crippen LogP contribution < -0.4 is 10.6 Å². The third-order valence-corrected chi connectivity index (χ3v) is 3.83. The van der Waals surface area contributed by atoms with Crippen molar-refractivity contribution >= 4 is 18.0 Å². The summed E-state index contributed by atoms with van der Waals surface area (Å²) in [6, 6.07) is 0.238. The lowest BCUT2D eigenvalue weighted by Crippen LogP contribution is -2.50. The number of hydrogen-bond acceptors (Lipinski definition) is 5. The molecule has 2 N–H and O–H groups in total. The highest BCUT2D eigenvalue weighted by Gasteiger charge is 2.24. The highest BCUT2D eigenvalue weighted by Crippen LogP contribution is 2.11. The second-order valence-corrected chi connectivity index (χ2v) is 5.75. The van der Waals surface area contributed by atoms with Crippen LogP contribution in [0, 0.1) is 5.92 Å². The molecule has 1 atom stereocenters. The Labute approximate surface area is 144 Å². The molecule has 1 fully saturated rings. The summed E-state index contributed by atoms with van der Waals surface area (Å²) in [4.78, 5) is 29.3. The van der Waals surface area contributed by atoms with Gasteiger partial charge >= 0.3 is 12.1 Å². The minimum atomic E-state index is -0.281. The Kier molecular flexibility index (Phi) is 8.96. The number of guanidine groups is 1. The van der Waals surface area contributed by atoms with E-state index in [2.05, 4.69) is 15.6 Å². The minimum absolute atomic E-state index is 0.238. The fraction of sp³-hybridized carbons (Fsp3) is 0.812. The molecule has 0 radical (unpaired) electrons. The number of carbonyl (C=O) groups excluding carboxylic acids is 2. The fourth-order valence-electron chi connectivity index (χ4n) is 2.44. The third kappa shape index (κ3) is 6.64. The largest absolute Gasteiger partial charge is 0.469 e. The summed E-state index contributed by atoms with van der Waals surface area (Å²) in [6.07, 6.45) is 1.41. The molecule has 0 aromatic heterocycles. The summed E-state index contributed by atoms with van der Waals surface area (Å²) >= 11 is 0. The van der Waals surface area contributed by atoms with Gasteiger partial charge in [-0.05, 0) is 26.7 Å². The van der Waals surface area contributed by atoms with E-state index in [1.54, 1.807) is 18.7 Å². The lowest BCUT2D eigenvalue weighted by Gasteiger charge is -2.32. The quantitative estimate of drug-likeness (QED) is 0.424. The molecule has 138 valence electrons.